The third-order valence-electron chi connectivity index (χ3n) is 2.99. The third kappa shape index (κ3) is 2.13. The highest BCUT2D eigenvalue weighted by Gasteiger charge is 2.38. The first-order valence-corrected chi connectivity index (χ1v) is 5.98. The molecule has 1 heterocycles. The van der Waals surface area contributed by atoms with Gasteiger partial charge in [0.1, 0.15) is 0 Å². The summed E-state index contributed by atoms with van der Waals surface area (Å²) in [6.07, 6.45) is 4.00. The van der Waals surface area contributed by atoms with Crippen LogP contribution in [0.2, 0.25) is 0 Å². The second-order valence-electron chi connectivity index (χ2n) is 4.35. The fourth-order valence-corrected chi connectivity index (χ4v) is 2.06. The van der Waals surface area contributed by atoms with Crippen molar-refractivity contribution in [1.82, 2.24) is 0 Å². The molecule has 0 aromatic heterocycles. The van der Waals surface area contributed by atoms with Crippen LogP contribution >= 0.6 is 0 Å². The van der Waals surface area contributed by atoms with Crippen molar-refractivity contribution >= 4 is 5.57 Å². The molecule has 0 N–H and O–H groups in total. The summed E-state index contributed by atoms with van der Waals surface area (Å²) in [5.41, 5.74) is 2.99. The summed E-state index contributed by atoms with van der Waals surface area (Å²) in [5.74, 6) is 0.914. The van der Waals surface area contributed by atoms with Crippen molar-refractivity contribution in [2.24, 2.45) is 0 Å². The van der Waals surface area contributed by atoms with Crippen molar-refractivity contribution in [3.8, 4) is 11.5 Å². The lowest BCUT2D eigenvalue weighted by atomic mass is 9.97. The molecule has 1 atom stereocenters. The average Bonchev–Trinajstić information content (AvgIpc) is 2.64. The van der Waals surface area contributed by atoms with Crippen LogP contribution in [0.4, 0.5) is 4.39 Å². The van der Waals surface area contributed by atoms with Crippen LogP contribution < -0.4 is 9.47 Å². The Morgan fingerprint density at radius 1 is 1.22 bits per heavy atom. The van der Waals surface area contributed by atoms with E-state index in [9.17, 15) is 4.39 Å². The van der Waals surface area contributed by atoms with E-state index in [4.69, 9.17) is 9.47 Å². The number of rotatable bonds is 2. The fraction of sp³-hybridized carbons (Fsp3) is 0.333. The maximum Gasteiger partial charge on any atom is 0.404 e. The van der Waals surface area contributed by atoms with Crippen LogP contribution in [0.1, 0.15) is 33.3 Å². The number of hydrogen-bond donors (Lipinski definition) is 0. The molecule has 0 saturated carbocycles. The zero-order chi connectivity index (χ0) is 13.3. The Morgan fingerprint density at radius 2 is 1.94 bits per heavy atom. The zero-order valence-corrected chi connectivity index (χ0v) is 11.1. The summed E-state index contributed by atoms with van der Waals surface area (Å²) in [6, 6.07) is 3.38. The predicted octanol–water partition coefficient (Wildman–Crippen LogP) is 4.47. The maximum absolute atomic E-state index is 13.8. The predicted molar refractivity (Wildman–Crippen MR) is 70.3 cm³/mol. The number of fused-ring (bicyclic) bond motifs is 1. The van der Waals surface area contributed by atoms with Gasteiger partial charge in [0.25, 0.3) is 0 Å². The molecule has 0 amide bonds. The monoisotopic (exact) mass is 248 g/mol. The lowest BCUT2D eigenvalue weighted by Gasteiger charge is -2.13. The number of alkyl halides is 1. The molecule has 1 unspecified atom stereocenters. The molecule has 1 aromatic rings. The molecular weight excluding hydrogens is 231 g/mol. The molecule has 1 aromatic carbocycles. The Kier molecular flexibility index (Phi) is 3.16. The lowest BCUT2D eigenvalue weighted by Crippen LogP contribution is -2.28. The minimum atomic E-state index is -2.08. The number of allylic oxidation sites excluding steroid dienone is 4. The van der Waals surface area contributed by atoms with Crippen molar-refractivity contribution in [1.29, 1.82) is 0 Å². The fourth-order valence-electron chi connectivity index (χ4n) is 2.06. The number of para-hydroxylation sites is 1. The first-order chi connectivity index (χ1) is 8.48. The van der Waals surface area contributed by atoms with Gasteiger partial charge in [0.15, 0.2) is 11.5 Å². The SMILES string of the molecule is C/C=C(C)\C(=C/C)c1cccc2c1OC(C)(F)O2. The summed E-state index contributed by atoms with van der Waals surface area (Å²) >= 11 is 0. The van der Waals surface area contributed by atoms with E-state index in [1.165, 1.54) is 6.92 Å². The molecule has 0 saturated heterocycles. The zero-order valence-electron chi connectivity index (χ0n) is 11.1. The molecule has 96 valence electrons. The van der Waals surface area contributed by atoms with Crippen molar-refractivity contribution in [2.45, 2.75) is 33.7 Å². The maximum atomic E-state index is 13.8. The molecule has 0 radical (unpaired) electrons. The average molecular weight is 248 g/mol. The van der Waals surface area contributed by atoms with Crippen molar-refractivity contribution in [3.05, 3.63) is 41.5 Å². The molecule has 3 heteroatoms. The van der Waals surface area contributed by atoms with Crippen LogP contribution in [0.15, 0.2) is 35.9 Å². The second kappa shape index (κ2) is 4.48. The molecule has 2 nitrogen and oxygen atoms in total. The van der Waals surface area contributed by atoms with E-state index >= 15 is 0 Å². The van der Waals surface area contributed by atoms with Crippen molar-refractivity contribution in [2.75, 3.05) is 0 Å². The van der Waals surface area contributed by atoms with Crippen molar-refractivity contribution < 1.29 is 13.9 Å². The standard InChI is InChI=1S/C15H17FO2/c1-5-10(3)11(6-2)12-8-7-9-13-14(12)18-15(4,16)17-13/h5-9H,1-4H3/b10-5-,11-6+. The van der Waals surface area contributed by atoms with Gasteiger partial charge in [0.2, 0.25) is 0 Å². The number of ether oxygens (including phenoxy) is 2. The molecule has 18 heavy (non-hydrogen) atoms. The molecule has 2 rings (SSSR count). The number of benzene rings is 1. The number of halogens is 1. The first kappa shape index (κ1) is 12.7. The Hall–Kier alpha value is -1.77. The van der Waals surface area contributed by atoms with Gasteiger partial charge in [0.05, 0.1) is 0 Å². The molecular formula is C15H17FO2. The Balaban J connectivity index is 2.53. The van der Waals surface area contributed by atoms with Gasteiger partial charge >= 0.3 is 6.04 Å². The van der Waals surface area contributed by atoms with Gasteiger partial charge in [-0.2, -0.15) is 4.39 Å². The first-order valence-electron chi connectivity index (χ1n) is 5.98. The highest BCUT2D eigenvalue weighted by molar-refractivity contribution is 5.83. The van der Waals surface area contributed by atoms with E-state index in [0.29, 0.717) is 11.5 Å². The van der Waals surface area contributed by atoms with E-state index in [2.05, 4.69) is 0 Å². The summed E-state index contributed by atoms with van der Waals surface area (Å²) in [4.78, 5) is 0. The summed E-state index contributed by atoms with van der Waals surface area (Å²) in [5, 5.41) is 0. The van der Waals surface area contributed by atoms with Gasteiger partial charge in [0, 0.05) is 12.5 Å². The highest BCUT2D eigenvalue weighted by atomic mass is 19.2. The van der Waals surface area contributed by atoms with Crippen LogP contribution in [0, 0.1) is 0 Å². The number of hydrogen-bond acceptors (Lipinski definition) is 2. The van der Waals surface area contributed by atoms with E-state index in [1.54, 1.807) is 6.07 Å². The van der Waals surface area contributed by atoms with Gasteiger partial charge in [-0.05, 0) is 38.0 Å². The van der Waals surface area contributed by atoms with E-state index in [-0.39, 0.29) is 0 Å². The smallest absolute Gasteiger partial charge is 0.404 e. The Morgan fingerprint density at radius 3 is 2.56 bits per heavy atom. The quantitative estimate of drug-likeness (QED) is 0.719. The van der Waals surface area contributed by atoms with E-state index < -0.39 is 6.04 Å². The normalized spacial score (nSPS) is 23.4. The minimum absolute atomic E-state index is 0.445. The minimum Gasteiger partial charge on any atom is -0.423 e. The topological polar surface area (TPSA) is 18.5 Å². The highest BCUT2D eigenvalue weighted by Crippen LogP contribution is 2.45. The summed E-state index contributed by atoms with van der Waals surface area (Å²) < 4.78 is 24.1. The van der Waals surface area contributed by atoms with Gasteiger partial charge in [-0.1, -0.05) is 24.3 Å². The Bertz CT molecular complexity index is 527. The van der Waals surface area contributed by atoms with Crippen LogP contribution in [0.25, 0.3) is 5.57 Å². The van der Waals surface area contributed by atoms with Gasteiger partial charge < -0.3 is 9.47 Å². The molecule has 0 aliphatic carbocycles. The molecule has 1 aliphatic heterocycles. The van der Waals surface area contributed by atoms with Gasteiger partial charge in [-0.15, -0.1) is 0 Å². The van der Waals surface area contributed by atoms with Crippen LogP contribution in [-0.2, 0) is 0 Å². The summed E-state index contributed by atoms with van der Waals surface area (Å²) in [7, 11) is 0. The largest absolute Gasteiger partial charge is 0.423 e. The Labute approximate surface area is 107 Å². The van der Waals surface area contributed by atoms with Gasteiger partial charge in [-0.25, -0.2) is 0 Å². The molecule has 0 spiro atoms. The molecule has 1 aliphatic rings. The summed E-state index contributed by atoms with van der Waals surface area (Å²) in [6.45, 7) is 7.19. The molecule has 0 bridgehead atoms. The van der Waals surface area contributed by atoms with E-state index in [0.717, 1.165) is 16.7 Å². The van der Waals surface area contributed by atoms with Crippen LogP contribution in [-0.4, -0.2) is 6.04 Å². The second-order valence-corrected chi connectivity index (χ2v) is 4.35. The van der Waals surface area contributed by atoms with Crippen LogP contribution in [0.5, 0.6) is 11.5 Å². The van der Waals surface area contributed by atoms with Crippen molar-refractivity contribution in [3.63, 3.8) is 0 Å². The van der Waals surface area contributed by atoms with Gasteiger partial charge in [-0.3, -0.25) is 0 Å². The lowest BCUT2D eigenvalue weighted by molar-refractivity contribution is -0.173. The molecule has 0 fully saturated rings. The van der Waals surface area contributed by atoms with E-state index in [1.807, 2.05) is 45.1 Å². The van der Waals surface area contributed by atoms with Crippen LogP contribution in [0.3, 0.4) is 0 Å². The third-order valence-corrected chi connectivity index (χ3v) is 2.99.